The molecule has 0 amide bonds. The summed E-state index contributed by atoms with van der Waals surface area (Å²) in [6.07, 6.45) is -0.321. The SMILES string of the molecule is Cc1cc(Cl)ccc1OC(C)c1nc(C2CNCCN2C)no1.Cl. The smallest absolute Gasteiger partial charge is 0.267 e. The van der Waals surface area contributed by atoms with Crippen molar-refractivity contribution in [2.45, 2.75) is 26.0 Å². The topological polar surface area (TPSA) is 63.4 Å². The number of piperazine rings is 1. The summed E-state index contributed by atoms with van der Waals surface area (Å²) in [5.74, 6) is 1.93. The molecular formula is C16H22Cl2N4O2. The van der Waals surface area contributed by atoms with Gasteiger partial charge in [-0.2, -0.15) is 4.98 Å². The number of halogens is 2. The van der Waals surface area contributed by atoms with Crippen LogP contribution < -0.4 is 10.1 Å². The van der Waals surface area contributed by atoms with Crippen LogP contribution in [0.4, 0.5) is 0 Å². The lowest BCUT2D eigenvalue weighted by molar-refractivity contribution is 0.172. The number of hydrogen-bond donors (Lipinski definition) is 1. The van der Waals surface area contributed by atoms with Gasteiger partial charge in [0.1, 0.15) is 5.75 Å². The van der Waals surface area contributed by atoms with Gasteiger partial charge in [0, 0.05) is 24.7 Å². The van der Waals surface area contributed by atoms with Crippen molar-refractivity contribution in [3.63, 3.8) is 0 Å². The van der Waals surface area contributed by atoms with Crippen molar-refractivity contribution in [3.8, 4) is 5.75 Å². The van der Waals surface area contributed by atoms with Gasteiger partial charge in [0.2, 0.25) is 0 Å². The minimum atomic E-state index is -0.321. The molecule has 0 saturated carbocycles. The lowest BCUT2D eigenvalue weighted by Crippen LogP contribution is -2.44. The Morgan fingerprint density at radius 1 is 1.46 bits per heavy atom. The number of rotatable bonds is 4. The van der Waals surface area contributed by atoms with Gasteiger partial charge in [0.25, 0.3) is 5.89 Å². The first-order valence-electron chi connectivity index (χ1n) is 7.72. The second kappa shape index (κ2) is 8.16. The van der Waals surface area contributed by atoms with Gasteiger partial charge in [0.15, 0.2) is 11.9 Å². The van der Waals surface area contributed by atoms with E-state index < -0.39 is 0 Å². The number of aryl methyl sites for hydroxylation is 1. The molecule has 132 valence electrons. The molecule has 24 heavy (non-hydrogen) atoms. The molecule has 0 spiro atoms. The summed E-state index contributed by atoms with van der Waals surface area (Å²) >= 11 is 5.97. The molecular weight excluding hydrogens is 351 g/mol. The van der Waals surface area contributed by atoms with Crippen LogP contribution in [-0.2, 0) is 0 Å². The van der Waals surface area contributed by atoms with Crippen molar-refractivity contribution in [1.82, 2.24) is 20.4 Å². The summed E-state index contributed by atoms with van der Waals surface area (Å²) in [6.45, 7) is 6.61. The van der Waals surface area contributed by atoms with Crippen molar-refractivity contribution >= 4 is 24.0 Å². The maximum Gasteiger partial charge on any atom is 0.267 e. The number of hydrogen-bond acceptors (Lipinski definition) is 6. The molecule has 2 aromatic rings. The first-order chi connectivity index (χ1) is 11.0. The minimum Gasteiger partial charge on any atom is -0.481 e. The Hall–Kier alpha value is -1.34. The lowest BCUT2D eigenvalue weighted by Gasteiger charge is -2.30. The predicted octanol–water partition coefficient (Wildman–Crippen LogP) is 3.17. The highest BCUT2D eigenvalue weighted by Crippen LogP contribution is 2.27. The fraction of sp³-hybridized carbons (Fsp3) is 0.500. The summed E-state index contributed by atoms with van der Waals surface area (Å²) in [6, 6.07) is 5.65. The van der Waals surface area contributed by atoms with E-state index in [1.165, 1.54) is 0 Å². The number of ether oxygens (including phenoxy) is 1. The molecule has 1 N–H and O–H groups in total. The molecule has 0 aliphatic carbocycles. The zero-order chi connectivity index (χ0) is 16.4. The van der Waals surface area contributed by atoms with Gasteiger partial charge < -0.3 is 14.6 Å². The van der Waals surface area contributed by atoms with E-state index in [2.05, 4.69) is 27.4 Å². The molecule has 1 aromatic heterocycles. The Morgan fingerprint density at radius 3 is 2.96 bits per heavy atom. The second-order valence-electron chi connectivity index (χ2n) is 5.86. The van der Waals surface area contributed by atoms with Crippen molar-refractivity contribution < 1.29 is 9.26 Å². The molecule has 8 heteroatoms. The van der Waals surface area contributed by atoms with Gasteiger partial charge in [-0.05, 0) is 44.7 Å². The van der Waals surface area contributed by atoms with Crippen LogP contribution in [0.1, 0.15) is 36.3 Å². The third-order valence-electron chi connectivity index (χ3n) is 4.06. The Bertz CT molecular complexity index is 680. The Balaban J connectivity index is 0.00000208. The fourth-order valence-corrected chi connectivity index (χ4v) is 2.85. The quantitative estimate of drug-likeness (QED) is 0.888. The van der Waals surface area contributed by atoms with Crippen LogP contribution in [0.25, 0.3) is 0 Å². The summed E-state index contributed by atoms with van der Waals surface area (Å²) in [5.41, 5.74) is 0.973. The molecule has 1 aliphatic heterocycles. The number of nitrogens with zero attached hydrogens (tertiary/aromatic N) is 3. The number of benzene rings is 1. The molecule has 1 fully saturated rings. The van der Waals surface area contributed by atoms with E-state index in [9.17, 15) is 0 Å². The van der Waals surface area contributed by atoms with Crippen molar-refractivity contribution in [2.24, 2.45) is 0 Å². The van der Waals surface area contributed by atoms with Crippen LogP contribution in [0.15, 0.2) is 22.7 Å². The fourth-order valence-electron chi connectivity index (χ4n) is 2.63. The second-order valence-corrected chi connectivity index (χ2v) is 6.30. The van der Waals surface area contributed by atoms with Gasteiger partial charge in [-0.3, -0.25) is 4.90 Å². The molecule has 2 unspecified atom stereocenters. The van der Waals surface area contributed by atoms with Crippen LogP contribution in [0.3, 0.4) is 0 Å². The highest BCUT2D eigenvalue weighted by atomic mass is 35.5. The van der Waals surface area contributed by atoms with E-state index in [4.69, 9.17) is 20.9 Å². The molecule has 1 aromatic carbocycles. The van der Waals surface area contributed by atoms with Crippen LogP contribution >= 0.6 is 24.0 Å². The van der Waals surface area contributed by atoms with Gasteiger partial charge in [0.05, 0.1) is 6.04 Å². The molecule has 1 saturated heterocycles. The van der Waals surface area contributed by atoms with Gasteiger partial charge in [-0.1, -0.05) is 16.8 Å². The minimum absolute atomic E-state index is 0. The van der Waals surface area contributed by atoms with E-state index >= 15 is 0 Å². The molecule has 6 nitrogen and oxygen atoms in total. The number of likely N-dealkylation sites (N-methyl/N-ethyl adjacent to an activating group) is 1. The van der Waals surface area contributed by atoms with Crippen LogP contribution in [0, 0.1) is 6.92 Å². The summed E-state index contributed by atoms with van der Waals surface area (Å²) in [7, 11) is 2.07. The summed E-state index contributed by atoms with van der Waals surface area (Å²) in [4.78, 5) is 6.74. The Kier molecular flexibility index (Phi) is 6.46. The van der Waals surface area contributed by atoms with E-state index in [0.717, 1.165) is 30.9 Å². The van der Waals surface area contributed by atoms with Crippen LogP contribution in [0.2, 0.25) is 5.02 Å². The first kappa shape index (κ1) is 19.0. The standard InChI is InChI=1S/C16H21ClN4O2.ClH/c1-10-8-12(17)4-5-14(10)22-11(2)16-19-15(20-23-16)13-9-18-6-7-21(13)3;/h4-5,8,11,13,18H,6-7,9H2,1-3H3;1H. The summed E-state index contributed by atoms with van der Waals surface area (Å²) in [5, 5.41) is 8.16. The van der Waals surface area contributed by atoms with E-state index in [0.29, 0.717) is 16.7 Å². The Labute approximate surface area is 152 Å². The molecule has 0 radical (unpaired) electrons. The molecule has 2 atom stereocenters. The zero-order valence-electron chi connectivity index (χ0n) is 14.0. The molecule has 3 rings (SSSR count). The summed E-state index contributed by atoms with van der Waals surface area (Å²) < 4.78 is 11.3. The van der Waals surface area contributed by atoms with Crippen LogP contribution in [0.5, 0.6) is 5.75 Å². The van der Waals surface area contributed by atoms with E-state index in [-0.39, 0.29) is 24.6 Å². The highest BCUT2D eigenvalue weighted by molar-refractivity contribution is 6.30. The highest BCUT2D eigenvalue weighted by Gasteiger charge is 2.26. The number of nitrogens with one attached hydrogen (secondary N) is 1. The lowest BCUT2D eigenvalue weighted by atomic mass is 10.2. The Morgan fingerprint density at radius 2 is 2.25 bits per heavy atom. The monoisotopic (exact) mass is 372 g/mol. The van der Waals surface area contributed by atoms with Crippen molar-refractivity contribution in [2.75, 3.05) is 26.7 Å². The van der Waals surface area contributed by atoms with Crippen LogP contribution in [-0.4, -0.2) is 41.7 Å². The van der Waals surface area contributed by atoms with Crippen molar-refractivity contribution in [3.05, 3.63) is 40.5 Å². The zero-order valence-corrected chi connectivity index (χ0v) is 15.5. The first-order valence-corrected chi connectivity index (χ1v) is 8.09. The number of aromatic nitrogens is 2. The largest absolute Gasteiger partial charge is 0.481 e. The maximum atomic E-state index is 5.97. The van der Waals surface area contributed by atoms with Gasteiger partial charge in [-0.15, -0.1) is 12.4 Å². The molecule has 0 bridgehead atoms. The molecule has 2 heterocycles. The normalized spacial score (nSPS) is 19.6. The van der Waals surface area contributed by atoms with Gasteiger partial charge >= 0.3 is 0 Å². The van der Waals surface area contributed by atoms with E-state index in [1.54, 1.807) is 6.07 Å². The maximum absolute atomic E-state index is 5.97. The predicted molar refractivity (Wildman–Crippen MR) is 95.0 cm³/mol. The van der Waals surface area contributed by atoms with Crippen molar-refractivity contribution in [1.29, 1.82) is 0 Å². The average molecular weight is 373 g/mol. The third kappa shape index (κ3) is 4.19. The average Bonchev–Trinajstić information content (AvgIpc) is 3.00. The van der Waals surface area contributed by atoms with E-state index in [1.807, 2.05) is 26.0 Å². The van der Waals surface area contributed by atoms with Gasteiger partial charge in [-0.25, -0.2) is 0 Å². The molecule has 1 aliphatic rings. The third-order valence-corrected chi connectivity index (χ3v) is 4.29.